The lowest BCUT2D eigenvalue weighted by Crippen LogP contribution is -2.45. The molecule has 0 heterocycles. The van der Waals surface area contributed by atoms with E-state index < -0.39 is 0 Å². The largest absolute Gasteiger partial charge is 0.351 e. The van der Waals surface area contributed by atoms with Crippen molar-refractivity contribution in [2.24, 2.45) is 17.6 Å². The van der Waals surface area contributed by atoms with Gasteiger partial charge in [-0.2, -0.15) is 0 Å². The summed E-state index contributed by atoms with van der Waals surface area (Å²) in [5.74, 6) is 1.50. The fourth-order valence-corrected chi connectivity index (χ4v) is 2.75. The molecule has 0 aliphatic heterocycles. The highest BCUT2D eigenvalue weighted by Gasteiger charge is 2.26. The Morgan fingerprint density at radius 2 is 1.67 bits per heavy atom. The molecule has 1 aliphatic rings. The van der Waals surface area contributed by atoms with Gasteiger partial charge in [-0.05, 0) is 63.8 Å². The van der Waals surface area contributed by atoms with Gasteiger partial charge in [0.15, 0.2) is 0 Å². The number of nitrogens with one attached hydrogen (secondary N) is 1. The van der Waals surface area contributed by atoms with Crippen LogP contribution in [-0.2, 0) is 4.79 Å². The molecular weight excluding hydrogens is 224 g/mol. The highest BCUT2D eigenvalue weighted by atomic mass is 16.1. The van der Waals surface area contributed by atoms with Crippen LogP contribution in [0, 0.1) is 11.8 Å². The van der Waals surface area contributed by atoms with Gasteiger partial charge in [0.05, 0.1) is 0 Å². The van der Waals surface area contributed by atoms with Gasteiger partial charge in [-0.1, -0.05) is 13.8 Å². The molecule has 0 spiro atoms. The fourth-order valence-electron chi connectivity index (χ4n) is 2.75. The van der Waals surface area contributed by atoms with Crippen LogP contribution in [0.3, 0.4) is 0 Å². The smallest absolute Gasteiger partial charge is 0.220 e. The normalized spacial score (nSPS) is 24.9. The minimum atomic E-state index is -0.0223. The average molecular weight is 254 g/mol. The van der Waals surface area contributed by atoms with Crippen molar-refractivity contribution in [1.29, 1.82) is 0 Å². The van der Waals surface area contributed by atoms with Crippen LogP contribution in [0.1, 0.15) is 65.7 Å². The molecule has 0 saturated heterocycles. The molecule has 0 radical (unpaired) electrons. The second-order valence-corrected chi connectivity index (χ2v) is 6.14. The van der Waals surface area contributed by atoms with Crippen molar-refractivity contribution in [3.63, 3.8) is 0 Å². The molecule has 1 aliphatic carbocycles. The van der Waals surface area contributed by atoms with Crippen LogP contribution >= 0.6 is 0 Å². The van der Waals surface area contributed by atoms with Gasteiger partial charge in [0, 0.05) is 12.0 Å². The molecule has 1 amide bonds. The van der Waals surface area contributed by atoms with Crippen molar-refractivity contribution in [3.05, 3.63) is 0 Å². The van der Waals surface area contributed by atoms with Gasteiger partial charge in [0.2, 0.25) is 5.91 Å². The maximum absolute atomic E-state index is 12.1. The van der Waals surface area contributed by atoms with Crippen molar-refractivity contribution in [3.8, 4) is 0 Å². The summed E-state index contributed by atoms with van der Waals surface area (Å²) in [5.41, 5.74) is 5.67. The third kappa shape index (κ3) is 4.60. The molecule has 3 N–H and O–H groups in total. The number of rotatable bonds is 6. The van der Waals surface area contributed by atoms with Crippen LogP contribution in [0.5, 0.6) is 0 Å². The topological polar surface area (TPSA) is 55.1 Å². The standard InChI is InChI=1S/C15H30N2O/c1-4-15(3,5-2)17-14(18)10-12-6-8-13(11-16)9-7-12/h12-13H,4-11,16H2,1-3H3,(H,17,18). The Labute approximate surface area is 112 Å². The Hall–Kier alpha value is -0.570. The molecule has 0 aromatic heterocycles. The summed E-state index contributed by atoms with van der Waals surface area (Å²) < 4.78 is 0. The van der Waals surface area contributed by atoms with E-state index >= 15 is 0 Å². The molecule has 0 aromatic carbocycles. The highest BCUT2D eigenvalue weighted by Crippen LogP contribution is 2.30. The van der Waals surface area contributed by atoms with Crippen LogP contribution in [-0.4, -0.2) is 18.0 Å². The first-order valence-corrected chi connectivity index (χ1v) is 7.54. The molecule has 0 aromatic rings. The van der Waals surface area contributed by atoms with E-state index in [1.807, 2.05) is 0 Å². The summed E-state index contributed by atoms with van der Waals surface area (Å²) in [4.78, 5) is 12.1. The molecular formula is C15H30N2O. The number of carbonyl (C=O) groups is 1. The quantitative estimate of drug-likeness (QED) is 0.766. The zero-order valence-electron chi connectivity index (χ0n) is 12.3. The van der Waals surface area contributed by atoms with Gasteiger partial charge < -0.3 is 11.1 Å². The van der Waals surface area contributed by atoms with Gasteiger partial charge in [-0.15, -0.1) is 0 Å². The fraction of sp³-hybridized carbons (Fsp3) is 0.933. The zero-order valence-corrected chi connectivity index (χ0v) is 12.3. The second-order valence-electron chi connectivity index (χ2n) is 6.14. The summed E-state index contributed by atoms with van der Waals surface area (Å²) in [7, 11) is 0. The second kappa shape index (κ2) is 7.13. The van der Waals surface area contributed by atoms with Gasteiger partial charge in [0.1, 0.15) is 0 Å². The van der Waals surface area contributed by atoms with E-state index in [-0.39, 0.29) is 11.4 Å². The monoisotopic (exact) mass is 254 g/mol. The molecule has 0 unspecified atom stereocenters. The maximum Gasteiger partial charge on any atom is 0.220 e. The molecule has 1 fully saturated rings. The minimum Gasteiger partial charge on any atom is -0.351 e. The zero-order chi connectivity index (χ0) is 13.6. The average Bonchev–Trinajstić information content (AvgIpc) is 2.39. The summed E-state index contributed by atoms with van der Waals surface area (Å²) in [6, 6.07) is 0. The number of carbonyl (C=O) groups excluding carboxylic acids is 1. The summed E-state index contributed by atoms with van der Waals surface area (Å²) in [5, 5.41) is 3.20. The highest BCUT2D eigenvalue weighted by molar-refractivity contribution is 5.77. The Kier molecular flexibility index (Phi) is 6.13. The Bertz CT molecular complexity index is 253. The summed E-state index contributed by atoms with van der Waals surface area (Å²) in [6.07, 6.45) is 7.44. The van der Waals surface area contributed by atoms with Gasteiger partial charge in [0.25, 0.3) is 0 Å². The van der Waals surface area contributed by atoms with Crippen LogP contribution in [0.25, 0.3) is 0 Å². The molecule has 3 heteroatoms. The van der Waals surface area contributed by atoms with Gasteiger partial charge >= 0.3 is 0 Å². The van der Waals surface area contributed by atoms with Crippen molar-refractivity contribution in [1.82, 2.24) is 5.32 Å². The molecule has 18 heavy (non-hydrogen) atoms. The van der Waals surface area contributed by atoms with Crippen LogP contribution in [0.15, 0.2) is 0 Å². The van der Waals surface area contributed by atoms with E-state index in [4.69, 9.17) is 5.73 Å². The van der Waals surface area contributed by atoms with E-state index in [1.165, 1.54) is 25.7 Å². The minimum absolute atomic E-state index is 0.0223. The Balaban J connectivity index is 2.33. The third-order valence-corrected chi connectivity index (χ3v) is 4.78. The van der Waals surface area contributed by atoms with Crippen molar-refractivity contribution < 1.29 is 4.79 Å². The SMILES string of the molecule is CCC(C)(CC)NC(=O)CC1CCC(CN)CC1. The van der Waals surface area contributed by atoms with Gasteiger partial charge in [-0.25, -0.2) is 0 Å². The molecule has 0 atom stereocenters. The van der Waals surface area contributed by atoms with Crippen molar-refractivity contribution >= 4 is 5.91 Å². The number of hydrogen-bond donors (Lipinski definition) is 2. The van der Waals surface area contributed by atoms with Gasteiger partial charge in [-0.3, -0.25) is 4.79 Å². The van der Waals surface area contributed by atoms with E-state index in [0.29, 0.717) is 18.3 Å². The molecule has 3 nitrogen and oxygen atoms in total. The number of hydrogen-bond acceptors (Lipinski definition) is 2. The first-order chi connectivity index (χ1) is 8.53. The third-order valence-electron chi connectivity index (χ3n) is 4.78. The first-order valence-electron chi connectivity index (χ1n) is 7.54. The number of nitrogens with two attached hydrogens (primary N) is 1. The Morgan fingerprint density at radius 3 is 2.11 bits per heavy atom. The van der Waals surface area contributed by atoms with Crippen molar-refractivity contribution in [2.45, 2.75) is 71.3 Å². The van der Waals surface area contributed by atoms with E-state index in [1.54, 1.807) is 0 Å². The van der Waals surface area contributed by atoms with E-state index in [0.717, 1.165) is 19.4 Å². The lowest BCUT2D eigenvalue weighted by Gasteiger charge is -2.31. The molecule has 1 rings (SSSR count). The summed E-state index contributed by atoms with van der Waals surface area (Å²) in [6.45, 7) is 7.21. The van der Waals surface area contributed by atoms with E-state index in [9.17, 15) is 4.79 Å². The van der Waals surface area contributed by atoms with Crippen molar-refractivity contribution in [2.75, 3.05) is 6.54 Å². The predicted molar refractivity (Wildman–Crippen MR) is 76.2 cm³/mol. The Morgan fingerprint density at radius 1 is 1.17 bits per heavy atom. The van der Waals surface area contributed by atoms with Crippen LogP contribution < -0.4 is 11.1 Å². The maximum atomic E-state index is 12.1. The summed E-state index contributed by atoms with van der Waals surface area (Å²) >= 11 is 0. The van der Waals surface area contributed by atoms with Crippen LogP contribution in [0.4, 0.5) is 0 Å². The van der Waals surface area contributed by atoms with E-state index in [2.05, 4.69) is 26.1 Å². The molecule has 1 saturated carbocycles. The molecule has 0 bridgehead atoms. The first kappa shape index (κ1) is 15.5. The lowest BCUT2D eigenvalue weighted by molar-refractivity contribution is -0.124. The van der Waals surface area contributed by atoms with Crippen LogP contribution in [0.2, 0.25) is 0 Å². The lowest BCUT2D eigenvalue weighted by atomic mass is 9.80. The number of amides is 1. The molecule has 106 valence electrons. The predicted octanol–water partition coefficient (Wildman–Crippen LogP) is 2.84.